The van der Waals surface area contributed by atoms with Crippen molar-refractivity contribution < 1.29 is 21.8 Å². The summed E-state index contributed by atoms with van der Waals surface area (Å²) in [4.78, 5) is 0. The minimum atomic E-state index is 0. The van der Waals surface area contributed by atoms with E-state index in [-0.39, 0.29) is 24.5 Å². The van der Waals surface area contributed by atoms with Crippen molar-refractivity contribution in [3.8, 4) is 0 Å². The van der Waals surface area contributed by atoms with Gasteiger partial charge in [-0.05, 0) is 6.42 Å². The van der Waals surface area contributed by atoms with Gasteiger partial charge in [-0.1, -0.05) is 6.42 Å². The summed E-state index contributed by atoms with van der Waals surface area (Å²) in [6.07, 6.45) is 3.72. The van der Waals surface area contributed by atoms with Crippen molar-refractivity contribution >= 4 is 0 Å². The molecule has 2 heteroatoms. The topological polar surface area (TPSA) is 9.23 Å². The Bertz CT molecular complexity index is 24.0. The van der Waals surface area contributed by atoms with E-state index < -0.39 is 0 Å². The maximum atomic E-state index is 4.94. The van der Waals surface area contributed by atoms with E-state index in [0.717, 1.165) is 13.0 Å². The zero-order chi connectivity index (χ0) is 4.24. The second-order valence-corrected chi connectivity index (χ2v) is 1.53. The van der Waals surface area contributed by atoms with Crippen LogP contribution < -0.4 is 0 Å². The molecule has 8 heavy (non-hydrogen) atoms. The molecule has 1 saturated heterocycles. The van der Waals surface area contributed by atoms with Crippen LogP contribution in [0.4, 0.5) is 0 Å². The Balaban J connectivity index is 0. The number of hydrogen-bond donors (Lipinski definition) is 0. The van der Waals surface area contributed by atoms with Gasteiger partial charge in [0.05, 0.1) is 0 Å². The van der Waals surface area contributed by atoms with Crippen molar-refractivity contribution in [3.63, 3.8) is 0 Å². The minimum Gasteiger partial charge on any atom is -0.552 e. The first-order valence-corrected chi connectivity index (χ1v) is 2.43. The fourth-order valence-electron chi connectivity index (χ4n) is 0.580. The summed E-state index contributed by atoms with van der Waals surface area (Å²) >= 11 is 0. The molecule has 0 bridgehead atoms. The molecule has 1 rings (SSSR count). The molecule has 0 unspecified atom stereocenters. The van der Waals surface area contributed by atoms with Gasteiger partial charge < -0.3 is 12.2 Å². The molecule has 0 atom stereocenters. The molecule has 1 aliphatic rings. The van der Waals surface area contributed by atoms with Gasteiger partial charge in [0.25, 0.3) is 0 Å². The smallest absolute Gasteiger partial charge is 0.552 e. The molecule has 0 spiro atoms. The van der Waals surface area contributed by atoms with Gasteiger partial charge in [-0.2, -0.15) is 6.42 Å². The van der Waals surface area contributed by atoms with Crippen LogP contribution in [0.1, 0.15) is 19.3 Å². The summed E-state index contributed by atoms with van der Waals surface area (Å²) in [7, 11) is 0. The number of ether oxygens (including phenoxy) is 1. The fraction of sp³-hybridized carbons (Fsp3) is 0.667. The predicted molar refractivity (Wildman–Crippen MR) is 30.5 cm³/mol. The molecule has 0 aromatic rings. The van der Waals surface area contributed by atoms with E-state index in [1.165, 1.54) is 12.8 Å². The monoisotopic (exact) mass is 155 g/mol. The quantitative estimate of drug-likeness (QED) is 0.383. The predicted octanol–water partition coefficient (Wildman–Crippen LogP) is 1.80. The van der Waals surface area contributed by atoms with Gasteiger partial charge in [0.2, 0.25) is 0 Å². The van der Waals surface area contributed by atoms with Gasteiger partial charge >= 0.3 is 17.1 Å². The first-order valence-electron chi connectivity index (χ1n) is 2.43. The SMILES string of the molecule is [CH-]1CCCCO1.[CH3-].[Mn+2]. The van der Waals surface area contributed by atoms with Gasteiger partial charge in [-0.15, -0.1) is 0 Å². The fourth-order valence-corrected chi connectivity index (χ4v) is 0.580. The molecule has 1 aliphatic heterocycles. The van der Waals surface area contributed by atoms with E-state index >= 15 is 0 Å². The summed E-state index contributed by atoms with van der Waals surface area (Å²) in [5, 5.41) is 0. The van der Waals surface area contributed by atoms with E-state index in [1.807, 2.05) is 6.61 Å². The maximum absolute atomic E-state index is 4.94. The van der Waals surface area contributed by atoms with E-state index in [2.05, 4.69) is 0 Å². The summed E-state index contributed by atoms with van der Waals surface area (Å²) < 4.78 is 4.94. The standard InChI is InChI=1S/C5H9O.CH3.Mn/c1-2-4-6-5-3-1;;/h4H,1-3,5H2;1H3;/q2*-1;+2. The maximum Gasteiger partial charge on any atom is 2.00 e. The van der Waals surface area contributed by atoms with Crippen molar-refractivity contribution in [2.45, 2.75) is 19.3 Å². The zero-order valence-corrected chi connectivity index (χ0v) is 6.37. The molecule has 0 aliphatic carbocycles. The minimum absolute atomic E-state index is 0. The Morgan fingerprint density at radius 1 is 1.25 bits per heavy atom. The van der Waals surface area contributed by atoms with Crippen molar-refractivity contribution in [2.75, 3.05) is 6.61 Å². The molecule has 1 heterocycles. The summed E-state index contributed by atoms with van der Waals surface area (Å²) in [6, 6.07) is 0. The Hall–Kier alpha value is 0.479. The van der Waals surface area contributed by atoms with Gasteiger partial charge in [-0.3, -0.25) is 0 Å². The molecule has 1 fully saturated rings. The zero-order valence-electron chi connectivity index (χ0n) is 5.19. The van der Waals surface area contributed by atoms with Crippen molar-refractivity contribution in [2.24, 2.45) is 0 Å². The molecule has 0 N–H and O–H groups in total. The molecule has 0 aromatic heterocycles. The number of rotatable bonds is 0. The molecular formula is C6H12MnO. The van der Waals surface area contributed by atoms with Gasteiger partial charge in [-0.25, -0.2) is 6.61 Å². The average Bonchev–Trinajstić information content (AvgIpc) is 1.72. The van der Waals surface area contributed by atoms with Gasteiger partial charge in [0.15, 0.2) is 0 Å². The van der Waals surface area contributed by atoms with Gasteiger partial charge in [0.1, 0.15) is 0 Å². The van der Waals surface area contributed by atoms with E-state index in [9.17, 15) is 0 Å². The van der Waals surface area contributed by atoms with Crippen LogP contribution in [0.25, 0.3) is 0 Å². The van der Waals surface area contributed by atoms with Crippen LogP contribution in [0.2, 0.25) is 0 Å². The molecule has 0 amide bonds. The Labute approximate surface area is 62.3 Å². The van der Waals surface area contributed by atoms with Crippen molar-refractivity contribution in [3.05, 3.63) is 14.0 Å². The molecule has 1 nitrogen and oxygen atoms in total. The Morgan fingerprint density at radius 2 is 2.00 bits per heavy atom. The van der Waals surface area contributed by atoms with E-state index in [1.54, 1.807) is 0 Å². The largest absolute Gasteiger partial charge is 2.00 e. The second-order valence-electron chi connectivity index (χ2n) is 1.53. The van der Waals surface area contributed by atoms with Crippen LogP contribution in [0.15, 0.2) is 0 Å². The summed E-state index contributed by atoms with van der Waals surface area (Å²) in [6.45, 7) is 2.84. The average molecular weight is 155 g/mol. The summed E-state index contributed by atoms with van der Waals surface area (Å²) in [5.74, 6) is 0. The third kappa shape index (κ3) is 4.63. The Kier molecular flexibility index (Phi) is 10.6. The molecule has 0 saturated carbocycles. The van der Waals surface area contributed by atoms with Crippen LogP contribution in [0.5, 0.6) is 0 Å². The normalized spacial score (nSPS) is 18.0. The van der Waals surface area contributed by atoms with Crippen LogP contribution in [-0.2, 0) is 21.8 Å². The second kappa shape index (κ2) is 7.48. The Morgan fingerprint density at radius 3 is 2.12 bits per heavy atom. The summed E-state index contributed by atoms with van der Waals surface area (Å²) in [5.41, 5.74) is 0. The van der Waals surface area contributed by atoms with Crippen LogP contribution in [0.3, 0.4) is 0 Å². The van der Waals surface area contributed by atoms with Gasteiger partial charge in [0, 0.05) is 6.61 Å². The molecule has 0 aromatic carbocycles. The van der Waals surface area contributed by atoms with E-state index in [4.69, 9.17) is 4.74 Å². The third-order valence-electron chi connectivity index (χ3n) is 0.952. The van der Waals surface area contributed by atoms with Crippen LogP contribution in [-0.4, -0.2) is 6.61 Å². The van der Waals surface area contributed by atoms with Crippen LogP contribution in [0, 0.1) is 14.0 Å². The van der Waals surface area contributed by atoms with Crippen molar-refractivity contribution in [1.29, 1.82) is 0 Å². The first-order chi connectivity index (χ1) is 3.00. The number of hydrogen-bond acceptors (Lipinski definition) is 1. The first kappa shape index (κ1) is 11.3. The molecular weight excluding hydrogens is 143 g/mol. The third-order valence-corrected chi connectivity index (χ3v) is 0.952. The molecule has 49 valence electrons. The van der Waals surface area contributed by atoms with Crippen LogP contribution >= 0.6 is 0 Å². The van der Waals surface area contributed by atoms with Crippen molar-refractivity contribution in [1.82, 2.24) is 0 Å². The molecule has 1 radical (unpaired) electrons. The van der Waals surface area contributed by atoms with E-state index in [0.29, 0.717) is 0 Å².